The third-order valence-corrected chi connectivity index (χ3v) is 3.61. The van der Waals surface area contributed by atoms with Gasteiger partial charge in [-0.2, -0.15) is 18.2 Å². The molecule has 0 saturated heterocycles. The van der Waals surface area contributed by atoms with E-state index in [2.05, 4.69) is 15.5 Å². The second-order valence-corrected chi connectivity index (χ2v) is 5.35. The maximum Gasteiger partial charge on any atom is 0.421 e. The van der Waals surface area contributed by atoms with Crippen molar-refractivity contribution in [3.63, 3.8) is 0 Å². The van der Waals surface area contributed by atoms with Crippen LogP contribution in [0.15, 0.2) is 41.6 Å². The van der Waals surface area contributed by atoms with Crippen LogP contribution in [0.1, 0.15) is 16.7 Å². The van der Waals surface area contributed by atoms with Crippen LogP contribution in [-0.2, 0) is 22.4 Å². The molecule has 28 heavy (non-hydrogen) atoms. The molecule has 0 aliphatic rings. The first-order valence-corrected chi connectivity index (χ1v) is 7.98. The number of pyridine rings is 1. The zero-order valence-corrected chi connectivity index (χ0v) is 15.3. The van der Waals surface area contributed by atoms with Crippen molar-refractivity contribution in [3.05, 3.63) is 53.1 Å². The number of ether oxygens (including phenoxy) is 2. The van der Waals surface area contributed by atoms with Gasteiger partial charge in [-0.3, -0.25) is 4.79 Å². The molecule has 1 amide bonds. The number of amides is 1. The number of aromatic nitrogens is 1. The Bertz CT molecular complexity index is 869. The standard InChI is InChI=1S/C18H18F3N3O4/c1-22-16(25)15(24-27-3)12-7-5-4-6-11(12)10-28-14-9-8-13(18(19,20)21)17(23-14)26-2/h4-9H,10H2,1-3H3,(H,22,25). The van der Waals surface area contributed by atoms with Gasteiger partial charge in [0.15, 0.2) is 5.71 Å². The summed E-state index contributed by atoms with van der Waals surface area (Å²) >= 11 is 0. The summed E-state index contributed by atoms with van der Waals surface area (Å²) in [4.78, 5) is 20.5. The molecule has 7 nitrogen and oxygen atoms in total. The maximum absolute atomic E-state index is 12.9. The van der Waals surface area contributed by atoms with Gasteiger partial charge in [0.2, 0.25) is 11.8 Å². The second-order valence-electron chi connectivity index (χ2n) is 5.35. The number of hydrogen-bond donors (Lipinski definition) is 1. The van der Waals surface area contributed by atoms with Crippen molar-refractivity contribution in [2.45, 2.75) is 12.8 Å². The van der Waals surface area contributed by atoms with E-state index < -0.39 is 23.5 Å². The summed E-state index contributed by atoms with van der Waals surface area (Å²) < 4.78 is 49.0. The fraction of sp³-hybridized carbons (Fsp3) is 0.278. The van der Waals surface area contributed by atoms with E-state index in [0.29, 0.717) is 11.1 Å². The van der Waals surface area contributed by atoms with Gasteiger partial charge in [0.1, 0.15) is 19.3 Å². The summed E-state index contributed by atoms with van der Waals surface area (Å²) in [6.07, 6.45) is -4.59. The molecule has 0 unspecified atom stereocenters. The molecule has 0 fully saturated rings. The number of rotatable bonds is 7. The van der Waals surface area contributed by atoms with Crippen LogP contribution in [0, 0.1) is 0 Å². The van der Waals surface area contributed by atoms with Gasteiger partial charge in [0.05, 0.1) is 7.11 Å². The molecule has 0 aliphatic carbocycles. The number of methoxy groups -OCH3 is 1. The molecular weight excluding hydrogens is 379 g/mol. The highest BCUT2D eigenvalue weighted by Crippen LogP contribution is 2.36. The van der Waals surface area contributed by atoms with Gasteiger partial charge in [-0.15, -0.1) is 0 Å². The predicted molar refractivity (Wildman–Crippen MR) is 94.2 cm³/mol. The Morgan fingerprint density at radius 2 is 1.89 bits per heavy atom. The summed E-state index contributed by atoms with van der Waals surface area (Å²) in [5.41, 5.74) is 0.0316. The lowest BCUT2D eigenvalue weighted by Crippen LogP contribution is -2.29. The van der Waals surface area contributed by atoms with E-state index in [0.717, 1.165) is 19.2 Å². The van der Waals surface area contributed by atoms with Gasteiger partial charge in [-0.1, -0.05) is 29.4 Å². The van der Waals surface area contributed by atoms with Gasteiger partial charge in [-0.25, -0.2) is 0 Å². The van der Waals surface area contributed by atoms with E-state index in [1.54, 1.807) is 24.3 Å². The van der Waals surface area contributed by atoms with Gasteiger partial charge in [0.25, 0.3) is 5.91 Å². The predicted octanol–water partition coefficient (Wildman–Crippen LogP) is 2.78. The van der Waals surface area contributed by atoms with E-state index in [1.165, 1.54) is 14.2 Å². The van der Waals surface area contributed by atoms with Gasteiger partial charge < -0.3 is 19.6 Å². The third kappa shape index (κ3) is 4.90. The van der Waals surface area contributed by atoms with Crippen LogP contribution in [0.3, 0.4) is 0 Å². The minimum absolute atomic E-state index is 0.0298. The lowest BCUT2D eigenvalue weighted by atomic mass is 10.0. The van der Waals surface area contributed by atoms with Gasteiger partial charge in [0, 0.05) is 18.7 Å². The van der Waals surface area contributed by atoms with E-state index >= 15 is 0 Å². The second kappa shape index (κ2) is 9.07. The average Bonchev–Trinajstić information content (AvgIpc) is 2.69. The largest absolute Gasteiger partial charge is 0.480 e. The highest BCUT2D eigenvalue weighted by Gasteiger charge is 2.35. The first-order chi connectivity index (χ1) is 13.3. The first-order valence-electron chi connectivity index (χ1n) is 7.98. The summed E-state index contributed by atoms with van der Waals surface area (Å²) in [7, 11) is 3.85. The van der Waals surface area contributed by atoms with Crippen LogP contribution in [0.25, 0.3) is 0 Å². The Kier molecular flexibility index (Phi) is 6.80. The van der Waals surface area contributed by atoms with E-state index in [1.807, 2.05) is 0 Å². The summed E-state index contributed by atoms with van der Waals surface area (Å²) in [5, 5.41) is 6.19. The Balaban J connectivity index is 2.29. The number of carbonyl (C=O) groups is 1. The Morgan fingerprint density at radius 3 is 2.50 bits per heavy atom. The normalized spacial score (nSPS) is 11.7. The fourth-order valence-corrected chi connectivity index (χ4v) is 2.33. The van der Waals surface area contributed by atoms with E-state index in [9.17, 15) is 18.0 Å². The number of nitrogens with one attached hydrogen (secondary N) is 1. The molecule has 1 N–H and O–H groups in total. The van der Waals surface area contributed by atoms with Crippen LogP contribution in [0.4, 0.5) is 13.2 Å². The molecule has 0 saturated carbocycles. The molecule has 150 valence electrons. The molecule has 0 spiro atoms. The number of oxime groups is 1. The van der Waals surface area contributed by atoms with Crippen molar-refractivity contribution < 1.29 is 32.3 Å². The zero-order valence-electron chi connectivity index (χ0n) is 15.3. The highest BCUT2D eigenvalue weighted by molar-refractivity contribution is 6.45. The van der Waals surface area contributed by atoms with Crippen LogP contribution < -0.4 is 14.8 Å². The molecule has 2 aromatic rings. The Labute approximate surface area is 159 Å². The highest BCUT2D eigenvalue weighted by atomic mass is 19.4. The fourth-order valence-electron chi connectivity index (χ4n) is 2.33. The molecule has 1 heterocycles. The Morgan fingerprint density at radius 1 is 1.18 bits per heavy atom. The number of benzene rings is 1. The first kappa shape index (κ1) is 21.0. The average molecular weight is 397 g/mol. The number of alkyl halides is 3. The summed E-state index contributed by atoms with van der Waals surface area (Å²) in [5.74, 6) is -1.13. The topological polar surface area (TPSA) is 82.0 Å². The summed E-state index contributed by atoms with van der Waals surface area (Å²) in [6.45, 7) is -0.0720. The van der Waals surface area contributed by atoms with Gasteiger partial charge in [-0.05, 0) is 11.6 Å². The SMILES string of the molecule is CNC(=O)C(=NOC)c1ccccc1COc1ccc(C(F)(F)F)c(OC)n1. The Hall–Kier alpha value is -3.30. The third-order valence-electron chi connectivity index (χ3n) is 3.61. The number of carbonyl (C=O) groups excluding carboxylic acids is 1. The number of likely N-dealkylation sites (N-methyl/N-ethyl adjacent to an activating group) is 1. The van der Waals surface area contributed by atoms with Crippen molar-refractivity contribution in [2.75, 3.05) is 21.3 Å². The minimum Gasteiger partial charge on any atom is -0.480 e. The minimum atomic E-state index is -4.59. The van der Waals surface area contributed by atoms with Crippen molar-refractivity contribution >= 4 is 11.6 Å². The molecule has 0 radical (unpaired) electrons. The van der Waals surface area contributed by atoms with Crippen molar-refractivity contribution in [1.82, 2.24) is 10.3 Å². The van der Waals surface area contributed by atoms with E-state index in [-0.39, 0.29) is 18.2 Å². The molecule has 1 aromatic carbocycles. The molecule has 0 aliphatic heterocycles. The molecular formula is C18H18F3N3O4. The van der Waals surface area contributed by atoms with E-state index in [4.69, 9.17) is 14.3 Å². The van der Waals surface area contributed by atoms with Crippen LogP contribution >= 0.6 is 0 Å². The number of nitrogens with zero attached hydrogens (tertiary/aromatic N) is 2. The quantitative estimate of drug-likeness (QED) is 0.574. The zero-order chi connectivity index (χ0) is 20.7. The molecule has 1 aromatic heterocycles. The molecule has 2 rings (SSSR count). The van der Waals surface area contributed by atoms with Crippen LogP contribution in [0.5, 0.6) is 11.8 Å². The van der Waals surface area contributed by atoms with Crippen molar-refractivity contribution in [1.29, 1.82) is 0 Å². The smallest absolute Gasteiger partial charge is 0.421 e. The van der Waals surface area contributed by atoms with Crippen molar-refractivity contribution in [3.8, 4) is 11.8 Å². The maximum atomic E-state index is 12.9. The van der Waals surface area contributed by atoms with Crippen LogP contribution in [0.2, 0.25) is 0 Å². The van der Waals surface area contributed by atoms with Crippen molar-refractivity contribution in [2.24, 2.45) is 5.16 Å². The van der Waals surface area contributed by atoms with Crippen LogP contribution in [-0.4, -0.2) is 37.9 Å². The summed E-state index contributed by atoms with van der Waals surface area (Å²) in [6, 6.07) is 8.67. The number of hydrogen-bond acceptors (Lipinski definition) is 6. The van der Waals surface area contributed by atoms with Gasteiger partial charge >= 0.3 is 6.18 Å². The molecule has 10 heteroatoms. The monoisotopic (exact) mass is 397 g/mol. The lowest BCUT2D eigenvalue weighted by Gasteiger charge is -2.14. The lowest BCUT2D eigenvalue weighted by molar-refractivity contribution is -0.139. The molecule has 0 bridgehead atoms. The molecule has 0 atom stereocenters. The number of halogens is 3.